The number of aromatic nitrogens is 3. The van der Waals surface area contributed by atoms with Crippen LogP contribution in [0.5, 0.6) is 17.2 Å². The van der Waals surface area contributed by atoms with Crippen molar-refractivity contribution >= 4 is 22.6 Å². The van der Waals surface area contributed by atoms with Gasteiger partial charge >= 0.3 is 0 Å². The maximum absolute atomic E-state index is 12.7. The third-order valence-corrected chi connectivity index (χ3v) is 5.33. The Morgan fingerprint density at radius 1 is 1.23 bits per heavy atom. The highest BCUT2D eigenvalue weighted by Crippen LogP contribution is 2.32. The maximum atomic E-state index is 12.7. The summed E-state index contributed by atoms with van der Waals surface area (Å²) in [7, 11) is 1.66. The van der Waals surface area contributed by atoms with Crippen LogP contribution in [0, 0.1) is 0 Å². The number of aryl methyl sites for hydroxylation is 1. The molecule has 3 heterocycles. The number of hydrogen-bond donors (Lipinski definition) is 2. The van der Waals surface area contributed by atoms with E-state index in [1.54, 1.807) is 13.2 Å². The van der Waals surface area contributed by atoms with E-state index in [0.29, 0.717) is 17.3 Å². The lowest BCUT2D eigenvalue weighted by molar-refractivity contribution is -0.125. The van der Waals surface area contributed by atoms with Crippen molar-refractivity contribution in [3.8, 4) is 28.6 Å². The molecule has 31 heavy (non-hydrogen) atoms. The highest BCUT2D eigenvalue weighted by Gasteiger charge is 2.28. The van der Waals surface area contributed by atoms with Gasteiger partial charge in [-0.2, -0.15) is 5.10 Å². The molecule has 4 aromatic rings. The van der Waals surface area contributed by atoms with Crippen molar-refractivity contribution in [1.29, 1.82) is 0 Å². The molecule has 8 heteroatoms. The molecule has 2 aromatic carbocycles. The van der Waals surface area contributed by atoms with E-state index < -0.39 is 6.10 Å². The van der Waals surface area contributed by atoms with Crippen molar-refractivity contribution in [1.82, 2.24) is 14.8 Å². The number of methoxy groups -OCH3 is 1. The number of aromatic amines is 1. The maximum Gasteiger partial charge on any atom is 0.270 e. The van der Waals surface area contributed by atoms with E-state index in [2.05, 4.69) is 33.1 Å². The zero-order valence-corrected chi connectivity index (χ0v) is 17.2. The summed E-state index contributed by atoms with van der Waals surface area (Å²) in [6.45, 7) is 3.02. The quantitative estimate of drug-likeness (QED) is 0.514. The van der Waals surface area contributed by atoms with Crippen molar-refractivity contribution in [2.24, 2.45) is 0 Å². The van der Waals surface area contributed by atoms with Crippen LogP contribution in [0.1, 0.15) is 6.92 Å². The van der Waals surface area contributed by atoms with E-state index in [9.17, 15) is 4.79 Å². The molecule has 2 N–H and O–H groups in total. The van der Waals surface area contributed by atoms with Crippen LogP contribution in [0.4, 0.5) is 5.82 Å². The van der Waals surface area contributed by atoms with E-state index in [4.69, 9.17) is 14.2 Å². The summed E-state index contributed by atoms with van der Waals surface area (Å²) in [5, 5.41) is 11.2. The number of para-hydroxylation sites is 2. The molecule has 0 saturated carbocycles. The molecule has 0 spiro atoms. The molecule has 158 valence electrons. The Balaban J connectivity index is 1.36. The minimum atomic E-state index is -0.746. The Morgan fingerprint density at radius 2 is 2.06 bits per heavy atom. The van der Waals surface area contributed by atoms with Crippen LogP contribution < -0.4 is 19.5 Å². The van der Waals surface area contributed by atoms with E-state index >= 15 is 0 Å². The van der Waals surface area contributed by atoms with E-state index in [-0.39, 0.29) is 12.5 Å². The van der Waals surface area contributed by atoms with Crippen LogP contribution in [0.2, 0.25) is 0 Å². The molecule has 5 rings (SSSR count). The van der Waals surface area contributed by atoms with E-state index in [0.717, 1.165) is 34.6 Å². The number of benzene rings is 2. The molecule has 0 bridgehead atoms. The molecule has 8 nitrogen and oxygen atoms in total. The van der Waals surface area contributed by atoms with Crippen LogP contribution >= 0.6 is 0 Å². The average molecular weight is 418 g/mol. The second-order valence-electron chi connectivity index (χ2n) is 7.22. The minimum absolute atomic E-state index is 0.145. The molecule has 0 unspecified atom stereocenters. The fourth-order valence-corrected chi connectivity index (χ4v) is 3.81. The van der Waals surface area contributed by atoms with Crippen LogP contribution in [0.3, 0.4) is 0 Å². The standard InChI is InChI=1S/C23H22N4O4/c1-3-27-17-9-8-15(29-2)10-14(17)11-18(27)16-12-22(26-25-16)24-23(28)21-13-30-19-6-4-5-7-20(19)31-21/h4-12,21H,3,13H2,1-2H3,(H2,24,25,26,28)/t21-/m0/s1. The molecule has 0 radical (unpaired) electrons. The van der Waals surface area contributed by atoms with Gasteiger partial charge < -0.3 is 24.1 Å². The zero-order chi connectivity index (χ0) is 21.4. The number of nitrogens with zero attached hydrogens (tertiary/aromatic N) is 2. The summed E-state index contributed by atoms with van der Waals surface area (Å²) in [5.41, 5.74) is 2.88. The number of carbonyl (C=O) groups is 1. The molecule has 2 aromatic heterocycles. The lowest BCUT2D eigenvalue weighted by atomic mass is 10.2. The van der Waals surface area contributed by atoms with Gasteiger partial charge in [-0.05, 0) is 43.3 Å². The Kier molecular flexibility index (Phi) is 4.74. The van der Waals surface area contributed by atoms with Gasteiger partial charge in [0, 0.05) is 23.5 Å². The molecule has 1 aliphatic rings. The first-order valence-electron chi connectivity index (χ1n) is 10.1. The number of hydrogen-bond acceptors (Lipinski definition) is 5. The van der Waals surface area contributed by atoms with Crippen LogP contribution in [0.25, 0.3) is 22.3 Å². The Hall–Kier alpha value is -3.94. The number of fused-ring (bicyclic) bond motifs is 2. The van der Waals surface area contributed by atoms with Crippen molar-refractivity contribution in [3.63, 3.8) is 0 Å². The minimum Gasteiger partial charge on any atom is -0.497 e. The molecule has 0 saturated heterocycles. The predicted octanol–water partition coefficient (Wildman–Crippen LogP) is 3.84. The van der Waals surface area contributed by atoms with Gasteiger partial charge in [-0.3, -0.25) is 9.89 Å². The summed E-state index contributed by atoms with van der Waals surface area (Å²) in [5.74, 6) is 2.11. The third kappa shape index (κ3) is 3.46. The summed E-state index contributed by atoms with van der Waals surface area (Å²) in [6, 6.07) is 17.2. The summed E-state index contributed by atoms with van der Waals surface area (Å²) in [6.07, 6.45) is -0.746. The largest absolute Gasteiger partial charge is 0.497 e. The lowest BCUT2D eigenvalue weighted by Gasteiger charge is -2.25. The van der Waals surface area contributed by atoms with Gasteiger partial charge in [0.05, 0.1) is 18.5 Å². The molecule has 1 amide bonds. The van der Waals surface area contributed by atoms with Crippen LogP contribution in [-0.2, 0) is 11.3 Å². The number of nitrogens with one attached hydrogen (secondary N) is 2. The van der Waals surface area contributed by atoms with Crippen molar-refractivity contribution in [2.45, 2.75) is 19.6 Å². The lowest BCUT2D eigenvalue weighted by Crippen LogP contribution is -2.40. The Bertz CT molecular complexity index is 1260. The highest BCUT2D eigenvalue weighted by atomic mass is 16.6. The van der Waals surface area contributed by atoms with Gasteiger partial charge in [0.2, 0.25) is 6.10 Å². The molecule has 1 aliphatic heterocycles. The van der Waals surface area contributed by atoms with Gasteiger partial charge in [0.15, 0.2) is 17.3 Å². The van der Waals surface area contributed by atoms with Crippen LogP contribution in [0.15, 0.2) is 54.6 Å². The first kappa shape index (κ1) is 19.0. The van der Waals surface area contributed by atoms with Gasteiger partial charge in [0.25, 0.3) is 5.91 Å². The number of carbonyl (C=O) groups excluding carboxylic acids is 1. The summed E-state index contributed by atoms with van der Waals surface area (Å²) >= 11 is 0. The normalized spacial score (nSPS) is 15.1. The van der Waals surface area contributed by atoms with Crippen LogP contribution in [-0.4, -0.2) is 40.5 Å². The number of anilines is 1. The fraction of sp³-hybridized carbons (Fsp3) is 0.217. The predicted molar refractivity (Wildman–Crippen MR) is 117 cm³/mol. The number of amides is 1. The first-order chi connectivity index (χ1) is 15.2. The fourth-order valence-electron chi connectivity index (χ4n) is 3.81. The third-order valence-electron chi connectivity index (χ3n) is 5.33. The topological polar surface area (TPSA) is 90.4 Å². The number of ether oxygens (including phenoxy) is 3. The van der Waals surface area contributed by atoms with Gasteiger partial charge in [-0.15, -0.1) is 0 Å². The average Bonchev–Trinajstić information content (AvgIpc) is 3.42. The monoisotopic (exact) mass is 418 g/mol. The van der Waals surface area contributed by atoms with Gasteiger partial charge in [-0.25, -0.2) is 0 Å². The molecular weight excluding hydrogens is 396 g/mol. The molecule has 0 fully saturated rings. The van der Waals surface area contributed by atoms with Crippen molar-refractivity contribution in [2.75, 3.05) is 19.0 Å². The van der Waals surface area contributed by atoms with E-state index in [1.165, 1.54) is 0 Å². The Morgan fingerprint density at radius 3 is 2.87 bits per heavy atom. The number of H-pyrrole nitrogens is 1. The smallest absolute Gasteiger partial charge is 0.270 e. The summed E-state index contributed by atoms with van der Waals surface area (Å²) in [4.78, 5) is 12.7. The SMILES string of the molecule is CCn1c(-c2cc(NC(=O)[C@@H]3COc4ccccc4O3)n[nH]2)cc2cc(OC)ccc21. The number of rotatable bonds is 5. The molecule has 1 atom stereocenters. The zero-order valence-electron chi connectivity index (χ0n) is 17.2. The second kappa shape index (κ2) is 7.71. The molecular formula is C23H22N4O4. The van der Waals surface area contributed by atoms with Crippen molar-refractivity contribution in [3.05, 3.63) is 54.6 Å². The first-order valence-corrected chi connectivity index (χ1v) is 10.1. The molecule has 0 aliphatic carbocycles. The van der Waals surface area contributed by atoms with Crippen molar-refractivity contribution < 1.29 is 19.0 Å². The van der Waals surface area contributed by atoms with Gasteiger partial charge in [-0.1, -0.05) is 12.1 Å². The Labute approximate surface area is 178 Å². The van der Waals surface area contributed by atoms with E-state index in [1.807, 2.05) is 42.5 Å². The summed E-state index contributed by atoms with van der Waals surface area (Å²) < 4.78 is 18.9. The second-order valence-corrected chi connectivity index (χ2v) is 7.22. The van der Waals surface area contributed by atoms with Gasteiger partial charge in [0.1, 0.15) is 12.4 Å². The highest BCUT2D eigenvalue weighted by molar-refractivity contribution is 5.94.